The van der Waals surface area contributed by atoms with Gasteiger partial charge in [-0.3, -0.25) is 4.79 Å². The highest BCUT2D eigenvalue weighted by atomic mass is 35.5. The fourth-order valence-electron chi connectivity index (χ4n) is 1.84. The fourth-order valence-corrected chi connectivity index (χ4v) is 2.16. The van der Waals surface area contributed by atoms with Crippen molar-refractivity contribution in [3.63, 3.8) is 0 Å². The predicted octanol–water partition coefficient (Wildman–Crippen LogP) is 3.18. The van der Waals surface area contributed by atoms with Crippen molar-refractivity contribution >= 4 is 34.9 Å². The van der Waals surface area contributed by atoms with Gasteiger partial charge in [-0.2, -0.15) is 0 Å². The zero-order chi connectivity index (χ0) is 15.6. The Labute approximate surface area is 126 Å². The van der Waals surface area contributed by atoms with Gasteiger partial charge in [-0.25, -0.2) is 4.79 Å². The Morgan fingerprint density at radius 3 is 2.48 bits per heavy atom. The molecule has 5 nitrogen and oxygen atoms in total. The smallest absolute Gasteiger partial charge is 0.337 e. The molecule has 0 atom stereocenters. The third-order valence-electron chi connectivity index (χ3n) is 2.89. The van der Waals surface area contributed by atoms with Crippen LogP contribution in [0.4, 0.5) is 11.4 Å². The summed E-state index contributed by atoms with van der Waals surface area (Å²) >= 11 is 6.02. The fraction of sp³-hybridized carbons (Fsp3) is 0.0667. The molecule has 0 aliphatic rings. The number of hydrogen-bond donors (Lipinski definition) is 3. The lowest BCUT2D eigenvalue weighted by molar-refractivity contribution is 0.0698. The molecule has 0 saturated carbocycles. The third kappa shape index (κ3) is 3.32. The van der Waals surface area contributed by atoms with Crippen molar-refractivity contribution in [2.24, 2.45) is 0 Å². The molecule has 2 aromatic rings. The SMILES string of the molecule is Cc1ccc(C(=O)Nc2ccc(N)cc2C(=O)O)c(Cl)c1. The third-order valence-corrected chi connectivity index (χ3v) is 3.20. The monoisotopic (exact) mass is 304 g/mol. The number of nitrogens with two attached hydrogens (primary N) is 1. The van der Waals surface area contributed by atoms with Crippen LogP contribution in [0.5, 0.6) is 0 Å². The summed E-state index contributed by atoms with van der Waals surface area (Å²) in [6, 6.07) is 9.25. The Kier molecular flexibility index (Phi) is 4.14. The van der Waals surface area contributed by atoms with Crippen LogP contribution >= 0.6 is 11.6 Å². The predicted molar refractivity (Wildman–Crippen MR) is 82.0 cm³/mol. The number of nitrogens with one attached hydrogen (secondary N) is 1. The zero-order valence-electron chi connectivity index (χ0n) is 11.2. The van der Waals surface area contributed by atoms with Crippen LogP contribution < -0.4 is 11.1 Å². The number of carboxylic acids is 1. The van der Waals surface area contributed by atoms with Gasteiger partial charge in [0.05, 0.1) is 21.8 Å². The summed E-state index contributed by atoms with van der Waals surface area (Å²) < 4.78 is 0. The summed E-state index contributed by atoms with van der Waals surface area (Å²) in [5.74, 6) is -1.65. The van der Waals surface area contributed by atoms with Gasteiger partial charge in [-0.15, -0.1) is 0 Å². The van der Waals surface area contributed by atoms with E-state index >= 15 is 0 Å². The first-order chi connectivity index (χ1) is 9.88. The average Bonchev–Trinajstić information content (AvgIpc) is 2.40. The first-order valence-corrected chi connectivity index (χ1v) is 6.46. The van der Waals surface area contributed by atoms with E-state index in [1.165, 1.54) is 18.2 Å². The summed E-state index contributed by atoms with van der Waals surface area (Å²) in [5, 5.41) is 12.0. The van der Waals surface area contributed by atoms with Gasteiger partial charge in [-0.1, -0.05) is 17.7 Å². The average molecular weight is 305 g/mol. The lowest BCUT2D eigenvalue weighted by Gasteiger charge is -2.10. The van der Waals surface area contributed by atoms with Crippen LogP contribution in [0.1, 0.15) is 26.3 Å². The number of rotatable bonds is 3. The molecule has 0 aliphatic carbocycles. The van der Waals surface area contributed by atoms with E-state index in [1.807, 2.05) is 6.92 Å². The van der Waals surface area contributed by atoms with Gasteiger partial charge in [-0.05, 0) is 42.8 Å². The van der Waals surface area contributed by atoms with E-state index in [1.54, 1.807) is 18.2 Å². The van der Waals surface area contributed by atoms with Gasteiger partial charge < -0.3 is 16.2 Å². The molecule has 0 aliphatic heterocycles. The number of carbonyl (C=O) groups is 2. The minimum atomic E-state index is -1.17. The summed E-state index contributed by atoms with van der Waals surface area (Å²) in [7, 11) is 0. The highest BCUT2D eigenvalue weighted by Gasteiger charge is 2.15. The van der Waals surface area contributed by atoms with E-state index in [0.717, 1.165) is 5.56 Å². The molecule has 0 fully saturated rings. The van der Waals surface area contributed by atoms with Crippen LogP contribution in [0.25, 0.3) is 0 Å². The number of aryl methyl sites for hydroxylation is 1. The maximum atomic E-state index is 12.2. The van der Waals surface area contributed by atoms with Gasteiger partial charge >= 0.3 is 5.97 Å². The molecule has 0 spiro atoms. The number of aromatic carboxylic acids is 1. The quantitative estimate of drug-likeness (QED) is 0.759. The standard InChI is InChI=1S/C15H13ClN2O3/c1-8-2-4-10(12(16)6-8)14(19)18-13-5-3-9(17)7-11(13)15(20)21/h2-7H,17H2,1H3,(H,18,19)(H,20,21). The first-order valence-electron chi connectivity index (χ1n) is 6.09. The molecule has 6 heteroatoms. The van der Waals surface area contributed by atoms with E-state index in [2.05, 4.69) is 5.32 Å². The number of nitrogen functional groups attached to an aromatic ring is 1. The van der Waals surface area contributed by atoms with Crippen LogP contribution in [0.15, 0.2) is 36.4 Å². The van der Waals surface area contributed by atoms with E-state index in [-0.39, 0.29) is 16.8 Å². The summed E-state index contributed by atoms with van der Waals surface area (Å²) in [6.45, 7) is 1.86. The number of hydrogen-bond acceptors (Lipinski definition) is 3. The molecule has 1 amide bonds. The van der Waals surface area contributed by atoms with E-state index in [0.29, 0.717) is 10.7 Å². The maximum absolute atomic E-state index is 12.2. The zero-order valence-corrected chi connectivity index (χ0v) is 11.9. The molecule has 0 unspecified atom stereocenters. The molecular weight excluding hydrogens is 292 g/mol. The largest absolute Gasteiger partial charge is 0.478 e. The maximum Gasteiger partial charge on any atom is 0.337 e. The summed E-state index contributed by atoms with van der Waals surface area (Å²) in [5.41, 5.74) is 7.14. The van der Waals surface area contributed by atoms with Crippen LogP contribution in [0.3, 0.4) is 0 Å². The second kappa shape index (κ2) is 5.85. The number of benzene rings is 2. The van der Waals surface area contributed by atoms with Crippen molar-refractivity contribution in [3.8, 4) is 0 Å². The lowest BCUT2D eigenvalue weighted by Crippen LogP contribution is -2.15. The normalized spacial score (nSPS) is 10.2. The van der Waals surface area contributed by atoms with E-state index < -0.39 is 11.9 Å². The van der Waals surface area contributed by atoms with Crippen LogP contribution in [-0.2, 0) is 0 Å². The molecule has 21 heavy (non-hydrogen) atoms. The molecule has 0 heterocycles. The van der Waals surface area contributed by atoms with Crippen molar-refractivity contribution < 1.29 is 14.7 Å². The highest BCUT2D eigenvalue weighted by Crippen LogP contribution is 2.22. The minimum Gasteiger partial charge on any atom is -0.478 e. The number of carbonyl (C=O) groups excluding carboxylic acids is 1. The molecule has 2 aromatic carbocycles. The van der Waals surface area contributed by atoms with Crippen LogP contribution in [-0.4, -0.2) is 17.0 Å². The minimum absolute atomic E-state index is 0.0772. The Morgan fingerprint density at radius 2 is 1.86 bits per heavy atom. The van der Waals surface area contributed by atoms with Crippen molar-refractivity contribution in [1.29, 1.82) is 0 Å². The molecule has 0 bridgehead atoms. The Bertz CT molecular complexity index is 729. The second-order valence-corrected chi connectivity index (χ2v) is 4.95. The van der Waals surface area contributed by atoms with Gasteiger partial charge in [0.2, 0.25) is 0 Å². The van der Waals surface area contributed by atoms with E-state index in [9.17, 15) is 9.59 Å². The number of anilines is 2. The van der Waals surface area contributed by atoms with Crippen molar-refractivity contribution in [1.82, 2.24) is 0 Å². The molecule has 0 saturated heterocycles. The van der Waals surface area contributed by atoms with Crippen LogP contribution in [0, 0.1) is 6.92 Å². The Hall–Kier alpha value is -2.53. The molecule has 108 valence electrons. The molecule has 0 aromatic heterocycles. The van der Waals surface area contributed by atoms with Crippen LogP contribution in [0.2, 0.25) is 5.02 Å². The molecule has 4 N–H and O–H groups in total. The van der Waals surface area contributed by atoms with E-state index in [4.69, 9.17) is 22.4 Å². The van der Waals surface area contributed by atoms with Crippen molar-refractivity contribution in [3.05, 3.63) is 58.1 Å². The number of carboxylic acid groups (broad SMARTS) is 1. The highest BCUT2D eigenvalue weighted by molar-refractivity contribution is 6.34. The second-order valence-electron chi connectivity index (χ2n) is 4.55. The van der Waals surface area contributed by atoms with Gasteiger partial charge in [0.25, 0.3) is 5.91 Å². The summed E-state index contributed by atoms with van der Waals surface area (Å²) in [4.78, 5) is 23.4. The van der Waals surface area contributed by atoms with Gasteiger partial charge in [0, 0.05) is 5.69 Å². The topological polar surface area (TPSA) is 92.4 Å². The Balaban J connectivity index is 2.34. The summed E-state index contributed by atoms with van der Waals surface area (Å²) in [6.07, 6.45) is 0. The van der Waals surface area contributed by atoms with Gasteiger partial charge in [0.15, 0.2) is 0 Å². The lowest BCUT2D eigenvalue weighted by atomic mass is 10.1. The van der Waals surface area contributed by atoms with Gasteiger partial charge in [0.1, 0.15) is 0 Å². The van der Waals surface area contributed by atoms with Crippen molar-refractivity contribution in [2.75, 3.05) is 11.1 Å². The molecule has 0 radical (unpaired) electrons. The first kappa shape index (κ1) is 14.9. The molecular formula is C15H13ClN2O3. The van der Waals surface area contributed by atoms with Crippen molar-refractivity contribution in [2.45, 2.75) is 6.92 Å². The molecule has 2 rings (SSSR count). The number of halogens is 1. The number of amides is 1. The Morgan fingerprint density at radius 1 is 1.14 bits per heavy atom.